The van der Waals surface area contributed by atoms with Crippen molar-refractivity contribution in [2.24, 2.45) is 0 Å². The number of rotatable bonds is 3. The fraction of sp³-hybridized carbons (Fsp3) is 0.222. The summed E-state index contributed by atoms with van der Waals surface area (Å²) >= 11 is 2.80. The Morgan fingerprint density at radius 2 is 2.07 bits per heavy atom. The normalized spacial score (nSPS) is 11.2. The van der Waals surface area contributed by atoms with Gasteiger partial charge in [-0.2, -0.15) is 13.2 Å². The SMILES string of the molecule is O=COCc1ccc(Br)c(C(F)(F)F)c1. The van der Waals surface area contributed by atoms with Crippen LogP contribution >= 0.6 is 15.9 Å². The van der Waals surface area contributed by atoms with E-state index in [-0.39, 0.29) is 23.1 Å². The third kappa shape index (κ3) is 3.23. The fourth-order valence-electron chi connectivity index (χ4n) is 1.01. The Bertz CT molecular complexity index is 363. The highest BCUT2D eigenvalue weighted by Gasteiger charge is 2.33. The predicted octanol–water partition coefficient (Wildman–Crippen LogP) is 3.14. The van der Waals surface area contributed by atoms with Gasteiger partial charge in [0.15, 0.2) is 0 Å². The van der Waals surface area contributed by atoms with Crippen molar-refractivity contribution in [1.82, 2.24) is 0 Å². The molecule has 0 aliphatic rings. The molecule has 2 nitrogen and oxygen atoms in total. The van der Waals surface area contributed by atoms with E-state index in [0.29, 0.717) is 0 Å². The van der Waals surface area contributed by atoms with Gasteiger partial charge in [0.05, 0.1) is 5.56 Å². The van der Waals surface area contributed by atoms with Crippen LogP contribution in [0.3, 0.4) is 0 Å². The van der Waals surface area contributed by atoms with Crippen LogP contribution in [0.5, 0.6) is 0 Å². The lowest BCUT2D eigenvalue weighted by atomic mass is 10.1. The van der Waals surface area contributed by atoms with Gasteiger partial charge in [-0.15, -0.1) is 0 Å². The predicted molar refractivity (Wildman–Crippen MR) is 50.0 cm³/mol. The molecule has 0 N–H and O–H groups in total. The largest absolute Gasteiger partial charge is 0.463 e. The van der Waals surface area contributed by atoms with Crippen LogP contribution in [0.25, 0.3) is 0 Å². The van der Waals surface area contributed by atoms with Crippen molar-refractivity contribution in [3.8, 4) is 0 Å². The zero-order valence-corrected chi connectivity index (χ0v) is 8.93. The molecule has 0 heterocycles. The van der Waals surface area contributed by atoms with Crippen molar-refractivity contribution in [2.75, 3.05) is 0 Å². The summed E-state index contributed by atoms with van der Waals surface area (Å²) in [5.74, 6) is 0. The Morgan fingerprint density at radius 3 is 2.60 bits per heavy atom. The van der Waals surface area contributed by atoms with Gasteiger partial charge in [0, 0.05) is 4.47 Å². The molecule has 0 spiro atoms. The first-order chi connectivity index (χ1) is 6.95. The van der Waals surface area contributed by atoms with Crippen LogP contribution in [0.15, 0.2) is 22.7 Å². The van der Waals surface area contributed by atoms with Crippen molar-refractivity contribution >= 4 is 22.4 Å². The van der Waals surface area contributed by atoms with Gasteiger partial charge >= 0.3 is 6.18 Å². The molecular formula is C9H6BrF3O2. The third-order valence-electron chi connectivity index (χ3n) is 1.65. The van der Waals surface area contributed by atoms with E-state index >= 15 is 0 Å². The summed E-state index contributed by atoms with van der Waals surface area (Å²) in [4.78, 5) is 9.87. The number of carbonyl (C=O) groups is 1. The minimum atomic E-state index is -4.42. The summed E-state index contributed by atoms with van der Waals surface area (Å²) < 4.78 is 41.6. The number of hydrogen-bond donors (Lipinski definition) is 0. The second kappa shape index (κ2) is 4.65. The van der Waals surface area contributed by atoms with Crippen molar-refractivity contribution in [3.63, 3.8) is 0 Å². The monoisotopic (exact) mass is 282 g/mol. The molecule has 0 radical (unpaired) electrons. The van der Waals surface area contributed by atoms with Gasteiger partial charge in [0.25, 0.3) is 6.47 Å². The van der Waals surface area contributed by atoms with E-state index in [1.165, 1.54) is 12.1 Å². The van der Waals surface area contributed by atoms with Crippen LogP contribution in [0, 0.1) is 0 Å². The molecule has 82 valence electrons. The molecule has 6 heteroatoms. The molecule has 1 aromatic carbocycles. The number of halogens is 4. The molecule has 0 saturated carbocycles. The zero-order valence-electron chi connectivity index (χ0n) is 7.34. The molecular weight excluding hydrogens is 277 g/mol. The lowest BCUT2D eigenvalue weighted by molar-refractivity contribution is -0.138. The Labute approximate surface area is 92.2 Å². The van der Waals surface area contributed by atoms with Gasteiger partial charge < -0.3 is 4.74 Å². The molecule has 0 atom stereocenters. The van der Waals surface area contributed by atoms with Crippen molar-refractivity contribution in [2.45, 2.75) is 12.8 Å². The van der Waals surface area contributed by atoms with E-state index in [4.69, 9.17) is 0 Å². The highest BCUT2D eigenvalue weighted by molar-refractivity contribution is 9.10. The first-order valence-electron chi connectivity index (χ1n) is 3.86. The number of alkyl halides is 3. The van der Waals surface area contributed by atoms with Crippen LogP contribution in [0.4, 0.5) is 13.2 Å². The van der Waals surface area contributed by atoms with E-state index in [2.05, 4.69) is 20.7 Å². The number of benzene rings is 1. The quantitative estimate of drug-likeness (QED) is 0.796. The van der Waals surface area contributed by atoms with Crippen LogP contribution in [0.2, 0.25) is 0 Å². The molecule has 0 bridgehead atoms. The number of ether oxygens (including phenoxy) is 1. The molecule has 0 fully saturated rings. The Kier molecular flexibility index (Phi) is 3.73. The van der Waals surface area contributed by atoms with Crippen LogP contribution in [-0.2, 0) is 22.3 Å². The molecule has 0 amide bonds. The van der Waals surface area contributed by atoms with Crippen LogP contribution in [0.1, 0.15) is 11.1 Å². The zero-order chi connectivity index (χ0) is 11.5. The van der Waals surface area contributed by atoms with E-state index in [9.17, 15) is 18.0 Å². The van der Waals surface area contributed by atoms with Crippen LogP contribution < -0.4 is 0 Å². The summed E-state index contributed by atoms with van der Waals surface area (Å²) in [5, 5.41) is 0. The average Bonchev–Trinajstić information content (AvgIpc) is 2.15. The topological polar surface area (TPSA) is 26.3 Å². The Hall–Kier alpha value is -1.04. The highest BCUT2D eigenvalue weighted by atomic mass is 79.9. The smallest absolute Gasteiger partial charge is 0.417 e. The number of carbonyl (C=O) groups excluding carboxylic acids is 1. The van der Waals surface area contributed by atoms with Gasteiger partial charge in [-0.1, -0.05) is 22.0 Å². The first-order valence-corrected chi connectivity index (χ1v) is 4.65. The van der Waals surface area contributed by atoms with Crippen molar-refractivity contribution < 1.29 is 22.7 Å². The molecule has 0 aliphatic heterocycles. The maximum Gasteiger partial charge on any atom is 0.417 e. The average molecular weight is 283 g/mol. The van der Waals surface area contributed by atoms with E-state index in [1.54, 1.807) is 0 Å². The Balaban J connectivity index is 3.00. The van der Waals surface area contributed by atoms with E-state index in [0.717, 1.165) is 6.07 Å². The molecule has 1 rings (SSSR count). The third-order valence-corrected chi connectivity index (χ3v) is 2.35. The van der Waals surface area contributed by atoms with E-state index < -0.39 is 11.7 Å². The number of hydrogen-bond acceptors (Lipinski definition) is 2. The second-order valence-corrected chi connectivity index (χ2v) is 3.57. The van der Waals surface area contributed by atoms with Gasteiger partial charge in [-0.3, -0.25) is 4.79 Å². The summed E-state index contributed by atoms with van der Waals surface area (Å²) in [6, 6.07) is 3.66. The summed E-state index contributed by atoms with van der Waals surface area (Å²) in [7, 11) is 0. The first kappa shape index (κ1) is 12.0. The van der Waals surface area contributed by atoms with Gasteiger partial charge in [0.1, 0.15) is 6.61 Å². The molecule has 15 heavy (non-hydrogen) atoms. The molecule has 1 aromatic rings. The minimum absolute atomic E-state index is 0.0372. The lowest BCUT2D eigenvalue weighted by Crippen LogP contribution is -2.07. The maximum absolute atomic E-state index is 12.4. The molecule has 0 aromatic heterocycles. The maximum atomic E-state index is 12.4. The lowest BCUT2D eigenvalue weighted by Gasteiger charge is -2.10. The van der Waals surface area contributed by atoms with E-state index in [1.807, 2.05) is 0 Å². The summed E-state index contributed by atoms with van der Waals surface area (Å²) in [6.45, 7) is 0.0230. The standard InChI is InChI=1S/C9H6BrF3O2/c10-8-2-1-6(4-15-5-14)3-7(8)9(11,12)13/h1-3,5H,4H2. The van der Waals surface area contributed by atoms with Crippen LogP contribution in [-0.4, -0.2) is 6.47 Å². The second-order valence-electron chi connectivity index (χ2n) is 2.72. The summed E-state index contributed by atoms with van der Waals surface area (Å²) in [6.07, 6.45) is -4.42. The molecule has 0 saturated heterocycles. The highest BCUT2D eigenvalue weighted by Crippen LogP contribution is 2.35. The summed E-state index contributed by atoms with van der Waals surface area (Å²) in [5.41, 5.74) is -0.493. The molecule has 0 aliphatic carbocycles. The Morgan fingerprint density at radius 1 is 1.40 bits per heavy atom. The minimum Gasteiger partial charge on any atom is -0.463 e. The van der Waals surface area contributed by atoms with Crippen molar-refractivity contribution in [3.05, 3.63) is 33.8 Å². The van der Waals surface area contributed by atoms with Gasteiger partial charge in [-0.25, -0.2) is 0 Å². The molecule has 0 unspecified atom stereocenters. The fourth-order valence-corrected chi connectivity index (χ4v) is 1.48. The van der Waals surface area contributed by atoms with Gasteiger partial charge in [0.2, 0.25) is 0 Å². The van der Waals surface area contributed by atoms with Gasteiger partial charge in [-0.05, 0) is 17.7 Å². The van der Waals surface area contributed by atoms with Crippen molar-refractivity contribution in [1.29, 1.82) is 0 Å².